The zero-order valence-corrected chi connectivity index (χ0v) is 12.5. The molecule has 20 heavy (non-hydrogen) atoms. The summed E-state index contributed by atoms with van der Waals surface area (Å²) in [6.45, 7) is 3.79. The average Bonchev–Trinajstić information content (AvgIpc) is 2.35. The van der Waals surface area contributed by atoms with Crippen molar-refractivity contribution in [3.05, 3.63) is 34.9 Å². The number of aryl methyl sites for hydroxylation is 1. The van der Waals surface area contributed by atoms with Crippen LogP contribution in [0.4, 0.5) is 0 Å². The molecule has 0 aliphatic heterocycles. The number of carbonyl (C=O) groups is 2. The molecule has 0 spiro atoms. The molecular weight excluding hydrogens is 278 g/mol. The van der Waals surface area contributed by atoms with Crippen LogP contribution >= 0.6 is 11.6 Å². The number of hydrogen-bond donors (Lipinski definition) is 2. The van der Waals surface area contributed by atoms with Crippen LogP contribution in [-0.2, 0) is 16.0 Å². The monoisotopic (exact) mass is 297 g/mol. The Labute approximate surface area is 124 Å². The van der Waals surface area contributed by atoms with E-state index in [1.165, 1.54) is 0 Å². The second-order valence-corrected chi connectivity index (χ2v) is 5.58. The SMILES string of the molecule is CC(C)[C@H](CC(=O)O)NC(=O)CCc1cccc(Cl)c1. The molecule has 0 heterocycles. The molecule has 0 saturated carbocycles. The van der Waals surface area contributed by atoms with Crippen molar-refractivity contribution < 1.29 is 14.7 Å². The Morgan fingerprint density at radius 3 is 2.60 bits per heavy atom. The van der Waals surface area contributed by atoms with Crippen molar-refractivity contribution in [1.82, 2.24) is 5.32 Å². The molecule has 0 radical (unpaired) electrons. The Hall–Kier alpha value is -1.55. The first-order valence-electron chi connectivity index (χ1n) is 6.64. The molecule has 0 aromatic heterocycles. The molecule has 0 bridgehead atoms. The summed E-state index contributed by atoms with van der Waals surface area (Å²) in [5.41, 5.74) is 0.993. The highest BCUT2D eigenvalue weighted by Gasteiger charge is 2.19. The van der Waals surface area contributed by atoms with Gasteiger partial charge in [-0.1, -0.05) is 37.6 Å². The standard InChI is InChI=1S/C15H20ClNO3/c1-10(2)13(9-15(19)20)17-14(18)7-6-11-4-3-5-12(16)8-11/h3-5,8,10,13H,6-7,9H2,1-2H3,(H,17,18)(H,19,20)/t13-/m0/s1. The topological polar surface area (TPSA) is 66.4 Å². The van der Waals surface area contributed by atoms with Crippen molar-refractivity contribution in [3.63, 3.8) is 0 Å². The molecular formula is C15H20ClNO3. The van der Waals surface area contributed by atoms with Gasteiger partial charge in [-0.05, 0) is 30.0 Å². The van der Waals surface area contributed by atoms with E-state index in [1.807, 2.05) is 32.0 Å². The number of rotatable bonds is 7. The van der Waals surface area contributed by atoms with Crippen LogP contribution in [-0.4, -0.2) is 23.0 Å². The predicted octanol–water partition coefficient (Wildman–Crippen LogP) is 2.89. The molecule has 4 nitrogen and oxygen atoms in total. The number of aliphatic carboxylic acids is 1. The van der Waals surface area contributed by atoms with E-state index in [4.69, 9.17) is 16.7 Å². The van der Waals surface area contributed by atoms with Crippen LogP contribution < -0.4 is 5.32 Å². The predicted molar refractivity (Wildman–Crippen MR) is 78.8 cm³/mol. The molecule has 1 amide bonds. The van der Waals surface area contributed by atoms with Gasteiger partial charge in [0.1, 0.15) is 0 Å². The minimum atomic E-state index is -0.904. The molecule has 0 saturated heterocycles. The Kier molecular flexibility index (Phi) is 6.52. The van der Waals surface area contributed by atoms with Gasteiger partial charge >= 0.3 is 5.97 Å². The van der Waals surface area contributed by atoms with Crippen molar-refractivity contribution in [1.29, 1.82) is 0 Å². The smallest absolute Gasteiger partial charge is 0.305 e. The first kappa shape index (κ1) is 16.5. The van der Waals surface area contributed by atoms with Crippen LogP contribution in [0.5, 0.6) is 0 Å². The Bertz CT molecular complexity index is 474. The van der Waals surface area contributed by atoms with Gasteiger partial charge in [0.15, 0.2) is 0 Å². The third kappa shape index (κ3) is 6.06. The third-order valence-corrected chi connectivity index (χ3v) is 3.31. The van der Waals surface area contributed by atoms with Crippen LogP contribution in [0.1, 0.15) is 32.3 Å². The van der Waals surface area contributed by atoms with Crippen molar-refractivity contribution in [2.75, 3.05) is 0 Å². The molecule has 0 unspecified atom stereocenters. The number of nitrogens with one attached hydrogen (secondary N) is 1. The maximum absolute atomic E-state index is 11.9. The number of carboxylic acids is 1. The first-order chi connectivity index (χ1) is 9.38. The number of amides is 1. The van der Waals surface area contributed by atoms with E-state index in [-0.39, 0.29) is 24.3 Å². The van der Waals surface area contributed by atoms with Gasteiger partial charge in [-0.3, -0.25) is 9.59 Å². The molecule has 2 N–H and O–H groups in total. The molecule has 0 aliphatic carbocycles. The Morgan fingerprint density at radius 2 is 2.05 bits per heavy atom. The summed E-state index contributed by atoms with van der Waals surface area (Å²) in [4.78, 5) is 22.6. The van der Waals surface area contributed by atoms with E-state index in [2.05, 4.69) is 5.32 Å². The highest BCUT2D eigenvalue weighted by atomic mass is 35.5. The summed E-state index contributed by atoms with van der Waals surface area (Å²) in [6, 6.07) is 7.03. The van der Waals surface area contributed by atoms with Gasteiger partial charge in [0.05, 0.1) is 6.42 Å². The Morgan fingerprint density at radius 1 is 1.35 bits per heavy atom. The van der Waals surface area contributed by atoms with Crippen molar-refractivity contribution in [2.45, 2.75) is 39.2 Å². The summed E-state index contributed by atoms with van der Waals surface area (Å²) in [5.74, 6) is -0.954. The molecule has 5 heteroatoms. The van der Waals surface area contributed by atoms with E-state index in [0.717, 1.165) is 5.56 Å². The number of benzene rings is 1. The van der Waals surface area contributed by atoms with E-state index < -0.39 is 5.97 Å². The van der Waals surface area contributed by atoms with E-state index >= 15 is 0 Å². The minimum absolute atomic E-state index is 0.0550. The molecule has 1 atom stereocenters. The van der Waals surface area contributed by atoms with Gasteiger partial charge in [-0.15, -0.1) is 0 Å². The van der Waals surface area contributed by atoms with E-state index in [1.54, 1.807) is 6.07 Å². The van der Waals surface area contributed by atoms with E-state index in [0.29, 0.717) is 17.9 Å². The maximum atomic E-state index is 11.9. The third-order valence-electron chi connectivity index (χ3n) is 3.08. The lowest BCUT2D eigenvalue weighted by molar-refractivity contribution is -0.138. The van der Waals surface area contributed by atoms with Gasteiger partial charge < -0.3 is 10.4 Å². The lowest BCUT2D eigenvalue weighted by atomic mass is 10.0. The summed E-state index contributed by atoms with van der Waals surface area (Å²) in [5, 5.41) is 12.2. The van der Waals surface area contributed by atoms with Crippen LogP contribution in [0.15, 0.2) is 24.3 Å². The lowest BCUT2D eigenvalue weighted by Crippen LogP contribution is -2.40. The number of halogens is 1. The number of carbonyl (C=O) groups excluding carboxylic acids is 1. The van der Waals surface area contributed by atoms with Gasteiger partial charge in [-0.25, -0.2) is 0 Å². The summed E-state index contributed by atoms with van der Waals surface area (Å²) in [6.07, 6.45) is 0.855. The van der Waals surface area contributed by atoms with E-state index in [9.17, 15) is 9.59 Å². The van der Waals surface area contributed by atoms with Crippen molar-refractivity contribution >= 4 is 23.5 Å². The largest absolute Gasteiger partial charge is 0.481 e. The summed E-state index contributed by atoms with van der Waals surface area (Å²) >= 11 is 5.88. The molecule has 0 aliphatic rings. The first-order valence-corrected chi connectivity index (χ1v) is 7.02. The zero-order chi connectivity index (χ0) is 15.1. The summed E-state index contributed by atoms with van der Waals surface area (Å²) < 4.78 is 0. The molecule has 1 aromatic carbocycles. The maximum Gasteiger partial charge on any atom is 0.305 e. The molecule has 0 fully saturated rings. The second-order valence-electron chi connectivity index (χ2n) is 5.15. The Balaban J connectivity index is 2.47. The highest BCUT2D eigenvalue weighted by Crippen LogP contribution is 2.12. The van der Waals surface area contributed by atoms with Gasteiger partial charge in [-0.2, -0.15) is 0 Å². The average molecular weight is 298 g/mol. The fraction of sp³-hybridized carbons (Fsp3) is 0.467. The fourth-order valence-electron chi connectivity index (χ4n) is 1.87. The van der Waals surface area contributed by atoms with Gasteiger partial charge in [0.25, 0.3) is 0 Å². The highest BCUT2D eigenvalue weighted by molar-refractivity contribution is 6.30. The van der Waals surface area contributed by atoms with Crippen molar-refractivity contribution in [3.8, 4) is 0 Å². The van der Waals surface area contributed by atoms with Crippen LogP contribution in [0.3, 0.4) is 0 Å². The lowest BCUT2D eigenvalue weighted by Gasteiger charge is -2.20. The molecule has 1 rings (SSSR count). The van der Waals surface area contributed by atoms with Crippen LogP contribution in [0, 0.1) is 5.92 Å². The fourth-order valence-corrected chi connectivity index (χ4v) is 2.08. The quantitative estimate of drug-likeness (QED) is 0.813. The molecule has 110 valence electrons. The number of carboxylic acid groups (broad SMARTS) is 1. The second kappa shape index (κ2) is 7.90. The summed E-state index contributed by atoms with van der Waals surface area (Å²) in [7, 11) is 0. The van der Waals surface area contributed by atoms with Crippen molar-refractivity contribution in [2.24, 2.45) is 5.92 Å². The zero-order valence-electron chi connectivity index (χ0n) is 11.7. The van der Waals surface area contributed by atoms with Gasteiger partial charge in [0, 0.05) is 17.5 Å². The number of hydrogen-bond acceptors (Lipinski definition) is 2. The van der Waals surface area contributed by atoms with Crippen LogP contribution in [0.2, 0.25) is 5.02 Å². The normalized spacial score (nSPS) is 12.2. The minimum Gasteiger partial charge on any atom is -0.481 e. The van der Waals surface area contributed by atoms with Gasteiger partial charge in [0.2, 0.25) is 5.91 Å². The van der Waals surface area contributed by atoms with Crippen LogP contribution in [0.25, 0.3) is 0 Å². The molecule has 1 aromatic rings.